The highest BCUT2D eigenvalue weighted by Gasteiger charge is 2.04. The molecule has 0 aliphatic carbocycles. The maximum Gasteiger partial charge on any atom is 0.00474 e. The monoisotopic (exact) mass is 161 g/mol. The lowest BCUT2D eigenvalue weighted by Crippen LogP contribution is -1.86. The highest BCUT2D eigenvalue weighted by atomic mass is 32.2. The number of hydrogen-bond donors (Lipinski definition) is 0. The van der Waals surface area contributed by atoms with Gasteiger partial charge in [-0.25, -0.2) is 5.41 Å². The molecule has 1 aliphatic heterocycles. The molecule has 0 bridgehead atoms. The predicted octanol–water partition coefficient (Wildman–Crippen LogP) is 3.18. The van der Waals surface area contributed by atoms with E-state index in [2.05, 4.69) is 41.8 Å². The van der Waals surface area contributed by atoms with Crippen molar-refractivity contribution in [2.75, 3.05) is 0 Å². The molecule has 0 amide bonds. The molecule has 2 rings (SSSR count). The van der Waals surface area contributed by atoms with Crippen molar-refractivity contribution in [2.24, 2.45) is 0 Å². The Balaban J connectivity index is 2.17. The van der Waals surface area contributed by atoms with Gasteiger partial charge < -0.3 is 6.08 Å². The van der Waals surface area contributed by atoms with Crippen molar-refractivity contribution in [1.29, 1.82) is 0 Å². The van der Waals surface area contributed by atoms with Crippen LogP contribution in [0.1, 0.15) is 17.2 Å². The predicted molar refractivity (Wildman–Crippen MR) is 49.2 cm³/mol. The van der Waals surface area contributed by atoms with Crippen LogP contribution in [0.5, 0.6) is 0 Å². The summed E-state index contributed by atoms with van der Waals surface area (Å²) in [6.07, 6.45) is 4.27. The third kappa shape index (κ3) is 1.48. The molecule has 0 saturated heterocycles. The molecule has 11 heavy (non-hydrogen) atoms. The quantitative estimate of drug-likeness (QED) is 0.570. The number of hydrogen-bond acceptors (Lipinski definition) is 1. The van der Waals surface area contributed by atoms with Crippen molar-refractivity contribution >= 4 is 11.8 Å². The average Bonchev–Trinajstić information content (AvgIpc) is 2.58. The zero-order valence-electron chi connectivity index (χ0n) is 6.16. The molecule has 1 heterocycles. The van der Waals surface area contributed by atoms with Gasteiger partial charge in [-0.1, -0.05) is 30.3 Å². The molecule has 0 N–H and O–H groups in total. The van der Waals surface area contributed by atoms with Gasteiger partial charge in [0.2, 0.25) is 0 Å². The second kappa shape index (κ2) is 3.14. The third-order valence-electron chi connectivity index (χ3n) is 1.79. The van der Waals surface area contributed by atoms with Crippen LogP contribution in [0.3, 0.4) is 0 Å². The number of thioether (sulfide) groups is 1. The summed E-state index contributed by atoms with van der Waals surface area (Å²) >= 11 is 1.86. The second-order valence-electron chi connectivity index (χ2n) is 2.56. The summed E-state index contributed by atoms with van der Waals surface area (Å²) in [5.41, 5.74) is 1.42. The van der Waals surface area contributed by atoms with Gasteiger partial charge in [0.1, 0.15) is 0 Å². The van der Waals surface area contributed by atoms with Crippen molar-refractivity contribution in [3.05, 3.63) is 47.4 Å². The van der Waals surface area contributed by atoms with Gasteiger partial charge in [-0.2, -0.15) is 18.2 Å². The van der Waals surface area contributed by atoms with Crippen LogP contribution in [0, 0.1) is 6.08 Å². The molecule has 56 valence electrons. The molecule has 1 aliphatic rings. The summed E-state index contributed by atoms with van der Waals surface area (Å²) in [5, 5.41) is 2.69. The molecule has 0 radical (unpaired) electrons. The van der Waals surface area contributed by atoms with Crippen molar-refractivity contribution in [1.82, 2.24) is 0 Å². The van der Waals surface area contributed by atoms with Gasteiger partial charge >= 0.3 is 0 Å². The van der Waals surface area contributed by atoms with Crippen LogP contribution in [0.25, 0.3) is 0 Å². The fraction of sp³-hybridized carbons (Fsp3) is 0.200. The van der Waals surface area contributed by atoms with Crippen molar-refractivity contribution in [3.63, 3.8) is 0 Å². The van der Waals surface area contributed by atoms with Crippen LogP contribution >= 0.6 is 11.8 Å². The molecule has 1 unspecified atom stereocenters. The summed E-state index contributed by atoms with van der Waals surface area (Å²) in [5.74, 6) is 0. The van der Waals surface area contributed by atoms with Crippen LogP contribution in [-0.2, 0) is 0 Å². The van der Waals surface area contributed by atoms with Crippen LogP contribution < -0.4 is 0 Å². The highest BCUT2D eigenvalue weighted by molar-refractivity contribution is 8.02. The average molecular weight is 161 g/mol. The standard InChI is InChI=1S/C10H9S/c1-2-5-9(6-3-1)10-7-4-8-11-10/h1-3,5-6,8,10H,7H2/q-1. The smallest absolute Gasteiger partial charge is 0.00474 e. The summed E-state index contributed by atoms with van der Waals surface area (Å²) in [7, 11) is 0. The van der Waals surface area contributed by atoms with Gasteiger partial charge in [-0.05, 0) is 5.56 Å². The molecule has 1 aromatic rings. The molecule has 0 fully saturated rings. The highest BCUT2D eigenvalue weighted by Crippen LogP contribution is 2.37. The lowest BCUT2D eigenvalue weighted by Gasteiger charge is -2.11. The topological polar surface area (TPSA) is 0 Å². The number of rotatable bonds is 1. The maximum absolute atomic E-state index is 3.21. The van der Waals surface area contributed by atoms with Gasteiger partial charge in [0.15, 0.2) is 0 Å². The summed E-state index contributed by atoms with van der Waals surface area (Å²) in [6.45, 7) is 0. The largest absolute Gasteiger partial charge is 0.488 e. The Hall–Kier alpha value is -0.690. The molecule has 0 spiro atoms. The minimum Gasteiger partial charge on any atom is -0.488 e. The first-order valence-corrected chi connectivity index (χ1v) is 4.66. The Kier molecular flexibility index (Phi) is 1.99. The summed E-state index contributed by atoms with van der Waals surface area (Å²) < 4.78 is 0. The van der Waals surface area contributed by atoms with Gasteiger partial charge in [0.05, 0.1) is 0 Å². The fourth-order valence-electron chi connectivity index (χ4n) is 1.20. The zero-order chi connectivity index (χ0) is 7.52. The molecular formula is C10H9S-. The lowest BCUT2D eigenvalue weighted by molar-refractivity contribution is 0.973. The van der Waals surface area contributed by atoms with Crippen molar-refractivity contribution < 1.29 is 0 Å². The molecule has 0 saturated carbocycles. The van der Waals surface area contributed by atoms with Gasteiger partial charge in [0, 0.05) is 5.25 Å². The molecular weight excluding hydrogens is 152 g/mol. The minimum atomic E-state index is 0.621. The van der Waals surface area contributed by atoms with Crippen molar-refractivity contribution in [2.45, 2.75) is 11.7 Å². The van der Waals surface area contributed by atoms with E-state index >= 15 is 0 Å². The zero-order valence-corrected chi connectivity index (χ0v) is 6.97. The van der Waals surface area contributed by atoms with E-state index in [9.17, 15) is 0 Å². The second-order valence-corrected chi connectivity index (χ2v) is 3.64. The minimum absolute atomic E-state index is 0.621. The van der Waals surface area contributed by atoms with E-state index in [1.165, 1.54) is 5.56 Å². The van der Waals surface area contributed by atoms with Crippen molar-refractivity contribution in [3.8, 4) is 0 Å². The van der Waals surface area contributed by atoms with Crippen LogP contribution in [-0.4, -0.2) is 0 Å². The van der Waals surface area contributed by atoms with E-state index in [1.807, 2.05) is 11.8 Å². The Morgan fingerprint density at radius 2 is 2.09 bits per heavy atom. The van der Waals surface area contributed by atoms with E-state index in [1.54, 1.807) is 0 Å². The Labute approximate surface area is 71.3 Å². The van der Waals surface area contributed by atoms with Gasteiger partial charge in [-0.15, -0.1) is 0 Å². The molecule has 0 nitrogen and oxygen atoms in total. The first-order chi connectivity index (χ1) is 5.47. The molecule has 1 heteroatoms. The van der Waals surface area contributed by atoms with Crippen LogP contribution in [0.2, 0.25) is 0 Å². The first-order valence-electron chi connectivity index (χ1n) is 3.72. The molecule has 0 aromatic heterocycles. The fourth-order valence-corrected chi connectivity index (χ4v) is 2.06. The van der Waals surface area contributed by atoms with Gasteiger partial charge in [-0.3, -0.25) is 0 Å². The Morgan fingerprint density at radius 1 is 1.27 bits per heavy atom. The third-order valence-corrected chi connectivity index (χ3v) is 2.86. The van der Waals surface area contributed by atoms with Crippen LogP contribution in [0.4, 0.5) is 0 Å². The number of benzene rings is 1. The normalized spacial score (nSPS) is 22.4. The maximum atomic E-state index is 3.21. The Morgan fingerprint density at radius 3 is 2.73 bits per heavy atom. The number of allylic oxidation sites excluding steroid dienone is 1. The van der Waals surface area contributed by atoms with E-state index in [0.29, 0.717) is 5.25 Å². The summed E-state index contributed by atoms with van der Waals surface area (Å²) in [4.78, 5) is 0. The molecule has 1 aromatic carbocycles. The van der Waals surface area contributed by atoms with E-state index in [-0.39, 0.29) is 0 Å². The van der Waals surface area contributed by atoms with Gasteiger partial charge in [0.25, 0.3) is 0 Å². The van der Waals surface area contributed by atoms with E-state index in [4.69, 9.17) is 0 Å². The lowest BCUT2D eigenvalue weighted by atomic mass is 10.1. The Bertz CT molecular complexity index is 243. The molecule has 1 atom stereocenters. The van der Waals surface area contributed by atoms with Crippen LogP contribution in [0.15, 0.2) is 35.7 Å². The van der Waals surface area contributed by atoms with E-state index in [0.717, 1.165) is 6.42 Å². The SMILES string of the molecule is [C-]1=CSC(c2ccccc2)C1. The van der Waals surface area contributed by atoms with E-state index < -0.39 is 0 Å². The summed E-state index contributed by atoms with van der Waals surface area (Å²) in [6, 6.07) is 10.6. The first kappa shape index (κ1) is 6.99.